The maximum Gasteiger partial charge on any atom is 0.418 e. The van der Waals surface area contributed by atoms with Crippen molar-refractivity contribution in [1.82, 2.24) is 5.32 Å². The lowest BCUT2D eigenvalue weighted by Crippen LogP contribution is -2.24. The summed E-state index contributed by atoms with van der Waals surface area (Å²) in [6.07, 6.45) is -3.75. The van der Waals surface area contributed by atoms with Crippen LogP contribution in [-0.2, 0) is 17.5 Å². The van der Waals surface area contributed by atoms with Crippen molar-refractivity contribution in [2.45, 2.75) is 12.7 Å². The molecule has 2 N–H and O–H groups in total. The van der Waals surface area contributed by atoms with Gasteiger partial charge in [0, 0.05) is 17.8 Å². The molecular weight excluding hydrogens is 411 g/mol. The Balaban J connectivity index is 1.69. The number of fused-ring (bicyclic) bond motifs is 1. The Hall–Kier alpha value is -3.38. The number of rotatable bonds is 5. The molecule has 0 radical (unpaired) electrons. The van der Waals surface area contributed by atoms with Gasteiger partial charge in [-0.25, -0.2) is 0 Å². The molecule has 0 saturated carbocycles. The molecular formula is C19H13ClF3N3O3. The Labute approximate surface area is 168 Å². The highest BCUT2D eigenvalue weighted by Crippen LogP contribution is 2.36. The van der Waals surface area contributed by atoms with E-state index in [0.717, 1.165) is 18.3 Å². The number of carbonyl (C=O) groups is 1. The minimum Gasteiger partial charge on any atom is -0.454 e. The van der Waals surface area contributed by atoms with Gasteiger partial charge in [0.25, 0.3) is 5.91 Å². The van der Waals surface area contributed by atoms with Gasteiger partial charge in [-0.1, -0.05) is 17.7 Å². The van der Waals surface area contributed by atoms with Crippen LogP contribution in [0, 0.1) is 11.3 Å². The standard InChI is InChI=1S/C19H13ClF3N3O3/c20-13-2-3-15(14(6-13)19(21,22)23)25-9-12(7-24)18(27)26-8-11-1-4-16-17(5-11)29-10-28-16/h1-6,9,25H,8,10H2,(H,26,27)/b12-9-. The number of alkyl halides is 3. The van der Waals surface area contributed by atoms with Crippen LogP contribution in [0.15, 0.2) is 48.2 Å². The van der Waals surface area contributed by atoms with Gasteiger partial charge < -0.3 is 20.1 Å². The second-order valence-corrected chi connectivity index (χ2v) is 6.31. The Bertz CT molecular complexity index is 1020. The van der Waals surface area contributed by atoms with E-state index in [1.807, 2.05) is 0 Å². The van der Waals surface area contributed by atoms with Crippen molar-refractivity contribution in [2.24, 2.45) is 0 Å². The Morgan fingerprint density at radius 1 is 1.21 bits per heavy atom. The van der Waals surface area contributed by atoms with Crippen molar-refractivity contribution in [2.75, 3.05) is 12.1 Å². The van der Waals surface area contributed by atoms with E-state index in [1.54, 1.807) is 24.3 Å². The highest BCUT2D eigenvalue weighted by Gasteiger charge is 2.33. The summed E-state index contributed by atoms with van der Waals surface area (Å²) in [4.78, 5) is 12.2. The van der Waals surface area contributed by atoms with E-state index in [9.17, 15) is 23.2 Å². The van der Waals surface area contributed by atoms with Crippen LogP contribution in [0.1, 0.15) is 11.1 Å². The molecule has 0 spiro atoms. The monoisotopic (exact) mass is 423 g/mol. The predicted octanol–water partition coefficient (Wildman–Crippen LogP) is 4.22. The number of nitriles is 1. The number of benzene rings is 2. The van der Waals surface area contributed by atoms with Crippen LogP contribution < -0.4 is 20.1 Å². The number of halogens is 4. The first-order chi connectivity index (χ1) is 13.8. The first kappa shape index (κ1) is 20.4. The lowest BCUT2D eigenvalue weighted by molar-refractivity contribution is -0.136. The Morgan fingerprint density at radius 2 is 1.97 bits per heavy atom. The smallest absolute Gasteiger partial charge is 0.418 e. The molecule has 0 saturated heterocycles. The SMILES string of the molecule is N#C/C(=C/Nc1ccc(Cl)cc1C(F)(F)F)C(=O)NCc1ccc2c(c1)OCO2. The summed E-state index contributed by atoms with van der Waals surface area (Å²) in [5, 5.41) is 14.0. The van der Waals surface area contributed by atoms with Crippen LogP contribution in [0.4, 0.5) is 18.9 Å². The number of carbonyl (C=O) groups excluding carboxylic acids is 1. The average molecular weight is 424 g/mol. The second-order valence-electron chi connectivity index (χ2n) is 5.87. The quantitative estimate of drug-likeness (QED) is 0.555. The van der Waals surface area contributed by atoms with Gasteiger partial charge in [-0.2, -0.15) is 18.4 Å². The first-order valence-corrected chi connectivity index (χ1v) is 8.56. The topological polar surface area (TPSA) is 83.4 Å². The van der Waals surface area contributed by atoms with Gasteiger partial charge in [-0.15, -0.1) is 0 Å². The molecule has 2 aromatic carbocycles. The van der Waals surface area contributed by atoms with E-state index < -0.39 is 23.2 Å². The molecule has 1 aliphatic rings. The van der Waals surface area contributed by atoms with Crippen molar-refractivity contribution in [3.05, 3.63) is 64.3 Å². The summed E-state index contributed by atoms with van der Waals surface area (Å²) in [5.41, 5.74) is -1.05. The fraction of sp³-hybridized carbons (Fsp3) is 0.158. The van der Waals surface area contributed by atoms with Crippen LogP contribution >= 0.6 is 11.6 Å². The Morgan fingerprint density at radius 3 is 2.69 bits per heavy atom. The summed E-state index contributed by atoms with van der Waals surface area (Å²) < 4.78 is 49.8. The summed E-state index contributed by atoms with van der Waals surface area (Å²) in [6.45, 7) is 0.200. The third kappa shape index (κ3) is 4.92. The van der Waals surface area contributed by atoms with Gasteiger partial charge in [-0.3, -0.25) is 4.79 Å². The largest absolute Gasteiger partial charge is 0.454 e. The third-order valence-corrected chi connectivity index (χ3v) is 4.15. The first-order valence-electron chi connectivity index (χ1n) is 8.18. The van der Waals surface area contributed by atoms with Gasteiger partial charge >= 0.3 is 6.18 Å². The van der Waals surface area contributed by atoms with Crippen molar-refractivity contribution in [3.8, 4) is 17.6 Å². The van der Waals surface area contributed by atoms with Crippen molar-refractivity contribution in [3.63, 3.8) is 0 Å². The fourth-order valence-corrected chi connectivity index (χ4v) is 2.68. The zero-order chi connectivity index (χ0) is 21.0. The van der Waals surface area contributed by atoms with Crippen molar-refractivity contribution >= 4 is 23.2 Å². The van der Waals surface area contributed by atoms with E-state index in [4.69, 9.17) is 21.1 Å². The number of anilines is 1. The normalized spacial score (nSPS) is 13.0. The molecule has 0 aromatic heterocycles. The van der Waals surface area contributed by atoms with Crippen LogP contribution in [0.2, 0.25) is 5.02 Å². The van der Waals surface area contributed by atoms with E-state index in [2.05, 4.69) is 10.6 Å². The second kappa shape index (κ2) is 8.32. The molecule has 3 rings (SSSR count). The molecule has 2 aromatic rings. The number of nitrogens with zero attached hydrogens (tertiary/aromatic N) is 1. The molecule has 0 fully saturated rings. The molecule has 0 bridgehead atoms. The molecule has 0 aliphatic carbocycles. The van der Waals surface area contributed by atoms with Crippen LogP contribution in [0.5, 0.6) is 11.5 Å². The molecule has 29 heavy (non-hydrogen) atoms. The minimum absolute atomic E-state index is 0.0865. The summed E-state index contributed by atoms with van der Waals surface area (Å²) in [7, 11) is 0. The van der Waals surface area contributed by atoms with E-state index in [-0.39, 0.29) is 24.0 Å². The molecule has 1 aliphatic heterocycles. The van der Waals surface area contributed by atoms with Crippen LogP contribution in [-0.4, -0.2) is 12.7 Å². The molecule has 0 atom stereocenters. The molecule has 0 unspecified atom stereocenters. The van der Waals surface area contributed by atoms with Gasteiger partial charge in [0.05, 0.1) is 11.3 Å². The zero-order valence-electron chi connectivity index (χ0n) is 14.6. The highest BCUT2D eigenvalue weighted by atomic mass is 35.5. The summed E-state index contributed by atoms with van der Waals surface area (Å²) in [6, 6.07) is 9.86. The third-order valence-electron chi connectivity index (χ3n) is 3.91. The lowest BCUT2D eigenvalue weighted by Gasteiger charge is -2.13. The number of amides is 1. The fourth-order valence-electron chi connectivity index (χ4n) is 2.50. The van der Waals surface area contributed by atoms with Crippen molar-refractivity contribution in [1.29, 1.82) is 5.26 Å². The lowest BCUT2D eigenvalue weighted by atomic mass is 10.1. The van der Waals surface area contributed by atoms with Gasteiger partial charge in [0.2, 0.25) is 6.79 Å². The highest BCUT2D eigenvalue weighted by molar-refractivity contribution is 6.30. The maximum absolute atomic E-state index is 13.1. The molecule has 1 amide bonds. The number of hydrogen-bond donors (Lipinski definition) is 2. The number of nitrogens with one attached hydrogen (secondary N) is 2. The van der Waals surface area contributed by atoms with Crippen LogP contribution in [0.25, 0.3) is 0 Å². The predicted molar refractivity (Wildman–Crippen MR) is 98.2 cm³/mol. The minimum atomic E-state index is -4.66. The van der Waals surface area contributed by atoms with Gasteiger partial charge in [-0.05, 0) is 35.9 Å². The van der Waals surface area contributed by atoms with Crippen LogP contribution in [0.3, 0.4) is 0 Å². The van der Waals surface area contributed by atoms with Gasteiger partial charge in [0.1, 0.15) is 11.6 Å². The number of ether oxygens (including phenoxy) is 2. The maximum atomic E-state index is 13.1. The summed E-state index contributed by atoms with van der Waals surface area (Å²) in [5.74, 6) is 0.377. The van der Waals surface area contributed by atoms with E-state index in [1.165, 1.54) is 6.07 Å². The Kier molecular flexibility index (Phi) is 5.84. The van der Waals surface area contributed by atoms with Crippen molar-refractivity contribution < 1.29 is 27.4 Å². The molecule has 1 heterocycles. The number of hydrogen-bond acceptors (Lipinski definition) is 5. The zero-order valence-corrected chi connectivity index (χ0v) is 15.4. The molecule has 150 valence electrons. The summed E-state index contributed by atoms with van der Waals surface area (Å²) >= 11 is 5.62. The van der Waals surface area contributed by atoms with E-state index in [0.29, 0.717) is 17.1 Å². The van der Waals surface area contributed by atoms with Gasteiger partial charge in [0.15, 0.2) is 11.5 Å². The average Bonchev–Trinajstić information content (AvgIpc) is 3.14. The van der Waals surface area contributed by atoms with E-state index >= 15 is 0 Å². The molecule has 10 heteroatoms. The molecule has 6 nitrogen and oxygen atoms in total.